The van der Waals surface area contributed by atoms with Gasteiger partial charge in [-0.15, -0.1) is 0 Å². The number of nitrogens with one attached hydrogen (secondary N) is 1. The van der Waals surface area contributed by atoms with Crippen molar-refractivity contribution in [3.63, 3.8) is 0 Å². The van der Waals surface area contributed by atoms with Crippen LogP contribution in [-0.2, 0) is 22.2 Å². The van der Waals surface area contributed by atoms with Crippen LogP contribution in [0.5, 0.6) is 5.75 Å². The molecule has 0 aliphatic rings. The number of hydrogen-bond donors (Lipinski definition) is 2. The Morgan fingerprint density at radius 1 is 1.11 bits per heavy atom. The van der Waals surface area contributed by atoms with Crippen LogP contribution >= 0.6 is 0 Å². The van der Waals surface area contributed by atoms with E-state index in [1.165, 1.54) is 43.3 Å². The van der Waals surface area contributed by atoms with E-state index >= 15 is 0 Å². The van der Waals surface area contributed by atoms with Gasteiger partial charge in [0, 0.05) is 18.9 Å². The summed E-state index contributed by atoms with van der Waals surface area (Å²) in [5.74, 6) is -2.44. The van der Waals surface area contributed by atoms with Gasteiger partial charge in [-0.25, -0.2) is 4.79 Å². The average molecular weight is 395 g/mol. The van der Waals surface area contributed by atoms with Crippen LogP contribution in [0.25, 0.3) is 0 Å². The van der Waals surface area contributed by atoms with Gasteiger partial charge in [-0.2, -0.15) is 13.2 Å². The summed E-state index contributed by atoms with van der Waals surface area (Å²) >= 11 is 0. The first kappa shape index (κ1) is 20.9. The van der Waals surface area contributed by atoms with Crippen molar-refractivity contribution in [3.8, 4) is 5.75 Å². The molecule has 0 aliphatic carbocycles. The summed E-state index contributed by atoms with van der Waals surface area (Å²) in [4.78, 5) is 34.6. The number of alkyl halides is 3. The summed E-state index contributed by atoms with van der Waals surface area (Å²) in [6.45, 7) is 1.21. The molecule has 0 radical (unpaired) electrons. The first-order valence-corrected chi connectivity index (χ1v) is 8.04. The topological polar surface area (TPSA) is 92.7 Å². The van der Waals surface area contributed by atoms with Crippen LogP contribution < -0.4 is 10.1 Å². The number of ether oxygens (including phenoxy) is 1. The fourth-order valence-electron chi connectivity index (χ4n) is 2.39. The van der Waals surface area contributed by atoms with E-state index in [9.17, 15) is 32.7 Å². The predicted molar refractivity (Wildman–Crippen MR) is 91.8 cm³/mol. The Hall–Kier alpha value is -3.36. The van der Waals surface area contributed by atoms with E-state index < -0.39 is 35.6 Å². The second-order valence-electron chi connectivity index (χ2n) is 5.88. The number of rotatable bonds is 6. The first-order chi connectivity index (χ1) is 13.1. The Morgan fingerprint density at radius 2 is 1.75 bits per heavy atom. The summed E-state index contributed by atoms with van der Waals surface area (Å²) < 4.78 is 43.2. The Kier molecular flexibility index (Phi) is 6.40. The molecule has 0 aliphatic heterocycles. The first-order valence-electron chi connectivity index (χ1n) is 8.04. The number of carboxylic acids is 1. The van der Waals surface area contributed by atoms with Gasteiger partial charge in [-0.1, -0.05) is 18.2 Å². The van der Waals surface area contributed by atoms with Gasteiger partial charge >= 0.3 is 18.1 Å². The molecule has 0 aromatic heterocycles. The van der Waals surface area contributed by atoms with E-state index in [4.69, 9.17) is 4.74 Å². The van der Waals surface area contributed by atoms with Gasteiger partial charge in [0.1, 0.15) is 11.8 Å². The molecule has 6 nitrogen and oxygen atoms in total. The summed E-state index contributed by atoms with van der Waals surface area (Å²) in [6.07, 6.45) is -4.88. The molecule has 9 heteroatoms. The van der Waals surface area contributed by atoms with E-state index in [1.54, 1.807) is 0 Å². The van der Waals surface area contributed by atoms with Crippen molar-refractivity contribution < 1.29 is 37.4 Å². The standard InChI is InChI=1S/C19H16F3NO5/c1-11(24)28-15-7-5-13(6-8-15)17(25)23-16(18(26)27)10-12-3-2-4-14(9-12)19(20,21)22/h2-9,16H,10H2,1H3,(H,23,25)(H,26,27)/t16-/m0/s1. The molecule has 0 heterocycles. The molecule has 0 spiro atoms. The van der Waals surface area contributed by atoms with Crippen LogP contribution in [0.3, 0.4) is 0 Å². The number of carbonyl (C=O) groups is 3. The smallest absolute Gasteiger partial charge is 0.416 e. The fraction of sp³-hybridized carbons (Fsp3) is 0.211. The molecule has 0 fully saturated rings. The van der Waals surface area contributed by atoms with Gasteiger partial charge in [0.05, 0.1) is 5.56 Å². The third-order valence-corrected chi connectivity index (χ3v) is 3.68. The zero-order valence-corrected chi connectivity index (χ0v) is 14.6. The second kappa shape index (κ2) is 8.55. The normalized spacial score (nSPS) is 12.1. The minimum absolute atomic E-state index is 0.103. The van der Waals surface area contributed by atoms with E-state index in [1.807, 2.05) is 0 Å². The highest BCUT2D eigenvalue weighted by atomic mass is 19.4. The van der Waals surface area contributed by atoms with Gasteiger partial charge in [0.25, 0.3) is 5.91 Å². The van der Waals surface area contributed by atoms with E-state index in [2.05, 4.69) is 5.32 Å². The van der Waals surface area contributed by atoms with Gasteiger partial charge in [0.15, 0.2) is 0 Å². The van der Waals surface area contributed by atoms with E-state index in [0.717, 1.165) is 12.1 Å². The number of amides is 1. The SMILES string of the molecule is CC(=O)Oc1ccc(C(=O)N[C@@H](Cc2cccc(C(F)(F)F)c2)C(=O)O)cc1. The molecule has 0 bridgehead atoms. The third-order valence-electron chi connectivity index (χ3n) is 3.68. The summed E-state index contributed by atoms with van der Waals surface area (Å²) in [6, 6.07) is 8.20. The van der Waals surface area contributed by atoms with Crippen LogP contribution in [0.4, 0.5) is 13.2 Å². The monoisotopic (exact) mass is 395 g/mol. The number of halogens is 3. The predicted octanol–water partition coefficient (Wildman–Crippen LogP) is 3.06. The number of esters is 1. The third kappa shape index (κ3) is 5.83. The van der Waals surface area contributed by atoms with Crippen LogP contribution in [0.2, 0.25) is 0 Å². The molecule has 2 aromatic rings. The van der Waals surface area contributed by atoms with Crippen molar-refractivity contribution in [3.05, 3.63) is 65.2 Å². The quantitative estimate of drug-likeness (QED) is 0.579. The van der Waals surface area contributed by atoms with Crippen molar-refractivity contribution in [2.24, 2.45) is 0 Å². The molecular weight excluding hydrogens is 379 g/mol. The highest BCUT2D eigenvalue weighted by molar-refractivity contribution is 5.96. The second-order valence-corrected chi connectivity index (χ2v) is 5.88. The summed E-state index contributed by atoms with van der Waals surface area (Å²) in [5, 5.41) is 11.6. The van der Waals surface area contributed by atoms with Crippen LogP contribution in [0.1, 0.15) is 28.4 Å². The minimum atomic E-state index is -4.55. The lowest BCUT2D eigenvalue weighted by Gasteiger charge is -2.16. The molecule has 2 N–H and O–H groups in total. The summed E-state index contributed by atoms with van der Waals surface area (Å²) in [7, 11) is 0. The molecule has 1 amide bonds. The number of carbonyl (C=O) groups excluding carboxylic acids is 2. The van der Waals surface area contributed by atoms with Crippen LogP contribution in [0.15, 0.2) is 48.5 Å². The maximum absolute atomic E-state index is 12.8. The van der Waals surface area contributed by atoms with Gasteiger partial charge < -0.3 is 15.2 Å². The Balaban J connectivity index is 2.11. The molecular formula is C19H16F3NO5. The number of carboxylic acid groups (broad SMARTS) is 1. The fourth-order valence-corrected chi connectivity index (χ4v) is 2.39. The molecule has 0 unspecified atom stereocenters. The molecule has 1 atom stereocenters. The average Bonchev–Trinajstić information content (AvgIpc) is 2.60. The molecule has 2 rings (SSSR count). The lowest BCUT2D eigenvalue weighted by atomic mass is 10.0. The lowest BCUT2D eigenvalue weighted by Crippen LogP contribution is -2.42. The molecule has 0 saturated heterocycles. The Morgan fingerprint density at radius 3 is 2.29 bits per heavy atom. The number of hydrogen-bond acceptors (Lipinski definition) is 4. The zero-order valence-electron chi connectivity index (χ0n) is 14.6. The van der Waals surface area contributed by atoms with Crippen molar-refractivity contribution in [2.45, 2.75) is 25.6 Å². The van der Waals surface area contributed by atoms with E-state index in [-0.39, 0.29) is 23.3 Å². The van der Waals surface area contributed by atoms with Crippen molar-refractivity contribution in [1.82, 2.24) is 5.32 Å². The molecule has 28 heavy (non-hydrogen) atoms. The van der Waals surface area contributed by atoms with Crippen LogP contribution in [-0.4, -0.2) is 29.0 Å². The minimum Gasteiger partial charge on any atom is -0.480 e. The van der Waals surface area contributed by atoms with Gasteiger partial charge in [-0.3, -0.25) is 9.59 Å². The Bertz CT molecular complexity index is 878. The van der Waals surface area contributed by atoms with Crippen molar-refractivity contribution in [2.75, 3.05) is 0 Å². The van der Waals surface area contributed by atoms with Crippen LogP contribution in [0, 0.1) is 0 Å². The highest BCUT2D eigenvalue weighted by Crippen LogP contribution is 2.29. The van der Waals surface area contributed by atoms with Crippen molar-refractivity contribution >= 4 is 17.8 Å². The molecule has 2 aromatic carbocycles. The molecule has 0 saturated carbocycles. The maximum atomic E-state index is 12.8. The zero-order chi connectivity index (χ0) is 20.9. The van der Waals surface area contributed by atoms with Crippen molar-refractivity contribution in [1.29, 1.82) is 0 Å². The van der Waals surface area contributed by atoms with E-state index in [0.29, 0.717) is 0 Å². The number of benzene rings is 2. The molecule has 148 valence electrons. The Labute approximate surface area is 157 Å². The highest BCUT2D eigenvalue weighted by Gasteiger charge is 2.31. The number of aliphatic carboxylic acids is 1. The van der Waals surface area contributed by atoms with Gasteiger partial charge in [-0.05, 0) is 35.9 Å². The lowest BCUT2D eigenvalue weighted by molar-refractivity contribution is -0.139. The van der Waals surface area contributed by atoms with Gasteiger partial charge in [0.2, 0.25) is 0 Å². The summed E-state index contributed by atoms with van der Waals surface area (Å²) in [5.41, 5.74) is -0.680. The maximum Gasteiger partial charge on any atom is 0.416 e. The largest absolute Gasteiger partial charge is 0.480 e.